The van der Waals surface area contributed by atoms with E-state index in [1.54, 1.807) is 28.8 Å². The van der Waals surface area contributed by atoms with Crippen LogP contribution >= 0.6 is 38.6 Å². The van der Waals surface area contributed by atoms with E-state index in [0.717, 1.165) is 19.9 Å². The molecule has 146 valence electrons. The fourth-order valence-corrected chi connectivity index (χ4v) is 4.63. The van der Waals surface area contributed by atoms with Gasteiger partial charge in [-0.25, -0.2) is 9.78 Å². The van der Waals surface area contributed by atoms with Gasteiger partial charge in [0, 0.05) is 33.5 Å². The number of halogens is 1. The van der Waals surface area contributed by atoms with E-state index in [2.05, 4.69) is 36.9 Å². The second-order valence-electron chi connectivity index (χ2n) is 6.30. The molecule has 0 bridgehead atoms. The van der Waals surface area contributed by atoms with Crippen LogP contribution in [0, 0.1) is 0 Å². The second-order valence-corrected chi connectivity index (χ2v) is 8.98. The van der Waals surface area contributed by atoms with Crippen LogP contribution in [0.5, 0.6) is 0 Å². The maximum Gasteiger partial charge on any atom is 0.319 e. The number of nitrogens with zero attached hydrogens (tertiary/aromatic N) is 1. The molecule has 0 saturated heterocycles. The van der Waals surface area contributed by atoms with Gasteiger partial charge in [0.2, 0.25) is 0 Å². The van der Waals surface area contributed by atoms with Crippen molar-refractivity contribution >= 4 is 56.2 Å². The smallest absolute Gasteiger partial charge is 0.319 e. The molecule has 2 heterocycles. The van der Waals surface area contributed by atoms with E-state index in [1.807, 2.05) is 37.4 Å². The number of nitrogens with one attached hydrogen (secondary N) is 3. The molecule has 3 rings (SSSR count). The highest BCUT2D eigenvalue weighted by Crippen LogP contribution is 2.31. The third-order valence-electron chi connectivity index (χ3n) is 3.60. The normalized spacial score (nSPS) is 10.7. The SMILES string of the molecule is CC(C)NC(=O)Nc1ccc(CNC(=O)c2csc(-c3cc(Br)cs3)n2)cc1. The first-order valence-electron chi connectivity index (χ1n) is 8.55. The van der Waals surface area contributed by atoms with Gasteiger partial charge in [-0.3, -0.25) is 4.79 Å². The van der Waals surface area contributed by atoms with Crippen molar-refractivity contribution in [1.29, 1.82) is 0 Å². The predicted octanol–water partition coefficient (Wildman–Crippen LogP) is 5.09. The molecule has 0 aliphatic carbocycles. The molecule has 6 nitrogen and oxygen atoms in total. The van der Waals surface area contributed by atoms with Gasteiger partial charge in [-0.05, 0) is 53.5 Å². The lowest BCUT2D eigenvalue weighted by Crippen LogP contribution is -2.34. The molecule has 1 aromatic carbocycles. The zero-order valence-corrected chi connectivity index (χ0v) is 18.5. The van der Waals surface area contributed by atoms with Crippen molar-refractivity contribution in [2.75, 3.05) is 5.32 Å². The number of urea groups is 1. The van der Waals surface area contributed by atoms with Crippen LogP contribution in [0.15, 0.2) is 45.6 Å². The van der Waals surface area contributed by atoms with Crippen molar-refractivity contribution in [3.8, 4) is 9.88 Å². The summed E-state index contributed by atoms with van der Waals surface area (Å²) in [5.74, 6) is -0.211. The lowest BCUT2D eigenvalue weighted by atomic mass is 10.2. The highest BCUT2D eigenvalue weighted by Gasteiger charge is 2.13. The summed E-state index contributed by atoms with van der Waals surface area (Å²) >= 11 is 6.46. The van der Waals surface area contributed by atoms with Gasteiger partial charge < -0.3 is 16.0 Å². The van der Waals surface area contributed by atoms with Crippen LogP contribution in [0.4, 0.5) is 10.5 Å². The lowest BCUT2D eigenvalue weighted by molar-refractivity contribution is 0.0946. The Kier molecular flexibility index (Phi) is 6.82. The summed E-state index contributed by atoms with van der Waals surface area (Å²) in [6.45, 7) is 4.18. The van der Waals surface area contributed by atoms with Crippen molar-refractivity contribution in [2.24, 2.45) is 0 Å². The molecule has 3 N–H and O–H groups in total. The fraction of sp³-hybridized carbons (Fsp3) is 0.211. The number of benzene rings is 1. The number of carbonyl (C=O) groups excluding carboxylic acids is 2. The Morgan fingerprint density at radius 3 is 2.54 bits per heavy atom. The summed E-state index contributed by atoms with van der Waals surface area (Å²) < 4.78 is 1.01. The zero-order valence-electron chi connectivity index (χ0n) is 15.3. The molecule has 0 spiro atoms. The van der Waals surface area contributed by atoms with Crippen molar-refractivity contribution in [3.05, 3.63) is 56.8 Å². The first-order valence-corrected chi connectivity index (χ1v) is 11.1. The maximum atomic E-state index is 12.3. The van der Waals surface area contributed by atoms with E-state index in [0.29, 0.717) is 17.9 Å². The van der Waals surface area contributed by atoms with E-state index in [9.17, 15) is 9.59 Å². The molecule has 28 heavy (non-hydrogen) atoms. The Balaban J connectivity index is 1.53. The minimum Gasteiger partial charge on any atom is -0.347 e. The number of amides is 3. The molecule has 3 amide bonds. The summed E-state index contributed by atoms with van der Waals surface area (Å²) in [5, 5.41) is 13.0. The minimum atomic E-state index is -0.242. The largest absolute Gasteiger partial charge is 0.347 e. The van der Waals surface area contributed by atoms with Gasteiger partial charge in [0.15, 0.2) is 0 Å². The van der Waals surface area contributed by atoms with E-state index < -0.39 is 0 Å². The van der Waals surface area contributed by atoms with Gasteiger partial charge in [-0.15, -0.1) is 22.7 Å². The molecule has 0 unspecified atom stereocenters. The number of rotatable bonds is 6. The van der Waals surface area contributed by atoms with Crippen molar-refractivity contribution < 1.29 is 9.59 Å². The number of carbonyl (C=O) groups is 2. The Bertz CT molecular complexity index is 966. The van der Waals surface area contributed by atoms with E-state index in [4.69, 9.17) is 0 Å². The molecule has 0 saturated carbocycles. The van der Waals surface area contributed by atoms with Crippen LogP contribution in [0.3, 0.4) is 0 Å². The summed E-state index contributed by atoms with van der Waals surface area (Å²) in [6, 6.07) is 9.15. The molecule has 0 radical (unpaired) electrons. The van der Waals surface area contributed by atoms with Gasteiger partial charge in [-0.1, -0.05) is 12.1 Å². The van der Waals surface area contributed by atoms with Crippen molar-refractivity contribution in [2.45, 2.75) is 26.4 Å². The van der Waals surface area contributed by atoms with E-state index in [-0.39, 0.29) is 18.0 Å². The highest BCUT2D eigenvalue weighted by molar-refractivity contribution is 9.10. The molecule has 0 atom stereocenters. The quantitative estimate of drug-likeness (QED) is 0.460. The van der Waals surface area contributed by atoms with E-state index in [1.165, 1.54) is 11.3 Å². The standard InChI is InChI=1S/C19H19BrN4O2S2/c1-11(2)22-19(26)23-14-5-3-12(4-6-14)8-21-17(25)15-10-28-18(24-15)16-7-13(20)9-27-16/h3-7,9-11H,8H2,1-2H3,(H,21,25)(H2,22,23,26). The van der Waals surface area contributed by atoms with Gasteiger partial charge in [0.1, 0.15) is 10.7 Å². The molecular formula is C19H19BrN4O2S2. The monoisotopic (exact) mass is 478 g/mol. The molecule has 0 fully saturated rings. The zero-order chi connectivity index (χ0) is 20.1. The van der Waals surface area contributed by atoms with Crippen LogP contribution in [0.25, 0.3) is 9.88 Å². The molecule has 0 aliphatic heterocycles. The molecule has 3 aromatic rings. The number of thiazole rings is 1. The van der Waals surface area contributed by atoms with Crippen LogP contribution < -0.4 is 16.0 Å². The Morgan fingerprint density at radius 1 is 1.14 bits per heavy atom. The number of thiophene rings is 1. The predicted molar refractivity (Wildman–Crippen MR) is 118 cm³/mol. The first-order chi connectivity index (χ1) is 13.4. The number of hydrogen-bond donors (Lipinski definition) is 3. The number of anilines is 1. The van der Waals surface area contributed by atoms with Crippen molar-refractivity contribution in [3.63, 3.8) is 0 Å². The Labute approximate surface area is 179 Å². The Hall–Kier alpha value is -2.23. The molecule has 2 aromatic heterocycles. The Morgan fingerprint density at radius 2 is 1.89 bits per heavy atom. The average molecular weight is 479 g/mol. The fourth-order valence-electron chi connectivity index (χ4n) is 2.32. The van der Waals surface area contributed by atoms with E-state index >= 15 is 0 Å². The van der Waals surface area contributed by atoms with Crippen LogP contribution in [0.1, 0.15) is 29.9 Å². The van der Waals surface area contributed by atoms with Crippen LogP contribution in [0.2, 0.25) is 0 Å². The summed E-state index contributed by atoms with van der Waals surface area (Å²) in [5.41, 5.74) is 2.04. The molecule has 9 heteroatoms. The van der Waals surface area contributed by atoms with Gasteiger partial charge >= 0.3 is 6.03 Å². The maximum absolute atomic E-state index is 12.3. The van der Waals surface area contributed by atoms with Crippen LogP contribution in [-0.2, 0) is 6.54 Å². The minimum absolute atomic E-state index is 0.0713. The van der Waals surface area contributed by atoms with Gasteiger partial charge in [0.25, 0.3) is 5.91 Å². The van der Waals surface area contributed by atoms with Gasteiger partial charge in [0.05, 0.1) is 4.88 Å². The molecular weight excluding hydrogens is 460 g/mol. The third kappa shape index (κ3) is 5.63. The van der Waals surface area contributed by atoms with Gasteiger partial charge in [-0.2, -0.15) is 0 Å². The number of hydrogen-bond acceptors (Lipinski definition) is 5. The lowest BCUT2D eigenvalue weighted by Gasteiger charge is -2.10. The second kappa shape index (κ2) is 9.31. The van der Waals surface area contributed by atoms with Crippen LogP contribution in [-0.4, -0.2) is 23.0 Å². The first kappa shape index (κ1) is 20.5. The summed E-state index contributed by atoms with van der Waals surface area (Å²) in [6.07, 6.45) is 0. The topological polar surface area (TPSA) is 83.1 Å². The number of aromatic nitrogens is 1. The molecule has 0 aliphatic rings. The average Bonchev–Trinajstić information content (AvgIpc) is 3.29. The van der Waals surface area contributed by atoms with Crippen molar-refractivity contribution in [1.82, 2.24) is 15.6 Å². The third-order valence-corrected chi connectivity index (χ3v) is 6.30. The summed E-state index contributed by atoms with van der Waals surface area (Å²) in [7, 11) is 0. The highest BCUT2D eigenvalue weighted by atomic mass is 79.9. The summed E-state index contributed by atoms with van der Waals surface area (Å²) in [4.78, 5) is 29.5.